The van der Waals surface area contributed by atoms with Crippen LogP contribution in [-0.4, -0.2) is 30.3 Å². The van der Waals surface area contributed by atoms with Gasteiger partial charge in [-0.25, -0.2) is 4.79 Å². The molecule has 2 amide bonds. The fourth-order valence-corrected chi connectivity index (χ4v) is 3.62. The summed E-state index contributed by atoms with van der Waals surface area (Å²) in [4.78, 5) is 24.9. The maximum Gasteiger partial charge on any atom is 0.412 e. The maximum atomic E-state index is 12.7. The number of aliphatic hydroxyl groups excluding tert-OH is 1. The average Bonchev–Trinajstić information content (AvgIpc) is 2.89. The van der Waals surface area contributed by atoms with Crippen LogP contribution in [0.15, 0.2) is 84.9 Å². The van der Waals surface area contributed by atoms with Crippen molar-refractivity contribution < 1.29 is 24.2 Å². The number of carbonyl (C=O) groups excluding carboxylic acids is 2. The molecule has 0 aliphatic heterocycles. The third kappa shape index (κ3) is 9.01. The number of anilines is 3. The zero-order valence-corrected chi connectivity index (χ0v) is 20.9. The van der Waals surface area contributed by atoms with Gasteiger partial charge < -0.3 is 25.6 Å². The number of para-hydroxylation sites is 3. The van der Waals surface area contributed by atoms with Crippen molar-refractivity contribution in [2.75, 3.05) is 29.6 Å². The van der Waals surface area contributed by atoms with Crippen molar-refractivity contribution in [3.05, 3.63) is 96.1 Å². The van der Waals surface area contributed by atoms with Gasteiger partial charge in [-0.3, -0.25) is 10.1 Å². The standard InChI is InChI=1S/C29H33N3O5/c1-21-15-17-22(18-16-21)31-29(35)37-27(23-9-5-8-12-26(23)36-20-19-33)13-3-2-4-14-28(34)32-25-11-7-6-10-24(25)30/h4-12,14-18,27,33H,2-3,13,19-20,30H2,1H3,(H,31,35)(H,32,34)/b14-4+/t27-/m1/s1. The molecule has 0 heterocycles. The van der Waals surface area contributed by atoms with E-state index in [1.807, 2.05) is 49.4 Å². The van der Waals surface area contributed by atoms with Crippen LogP contribution in [0.25, 0.3) is 0 Å². The van der Waals surface area contributed by atoms with Crippen LogP contribution in [0.1, 0.15) is 36.5 Å². The Balaban J connectivity index is 1.62. The predicted molar refractivity (Wildman–Crippen MR) is 146 cm³/mol. The van der Waals surface area contributed by atoms with E-state index in [-0.39, 0.29) is 19.1 Å². The van der Waals surface area contributed by atoms with Gasteiger partial charge in [-0.05, 0) is 62.6 Å². The molecule has 5 N–H and O–H groups in total. The quantitative estimate of drug-likeness (QED) is 0.145. The second-order valence-corrected chi connectivity index (χ2v) is 8.40. The molecule has 0 spiro atoms. The van der Waals surface area contributed by atoms with Gasteiger partial charge in [0.05, 0.1) is 18.0 Å². The summed E-state index contributed by atoms with van der Waals surface area (Å²) in [5, 5.41) is 14.7. The number of carbonyl (C=O) groups is 2. The zero-order valence-electron chi connectivity index (χ0n) is 20.9. The maximum absolute atomic E-state index is 12.7. The number of nitrogens with two attached hydrogens (primary N) is 1. The highest BCUT2D eigenvalue weighted by Gasteiger charge is 2.20. The minimum absolute atomic E-state index is 0.128. The highest BCUT2D eigenvalue weighted by Crippen LogP contribution is 2.32. The number of benzene rings is 3. The SMILES string of the molecule is Cc1ccc(NC(=O)O[C@H](CCC/C=C/C(=O)Nc2ccccc2N)c2ccccc2OCCO)cc1. The monoisotopic (exact) mass is 503 g/mol. The Kier molecular flexibility index (Phi) is 10.6. The first-order valence-electron chi connectivity index (χ1n) is 12.1. The second-order valence-electron chi connectivity index (χ2n) is 8.40. The van der Waals surface area contributed by atoms with Gasteiger partial charge in [-0.1, -0.05) is 54.1 Å². The van der Waals surface area contributed by atoms with Gasteiger partial charge in [0.15, 0.2) is 0 Å². The number of hydrogen-bond acceptors (Lipinski definition) is 6. The van der Waals surface area contributed by atoms with Crippen LogP contribution in [0.3, 0.4) is 0 Å². The summed E-state index contributed by atoms with van der Waals surface area (Å²) in [5.41, 5.74) is 9.34. The number of allylic oxidation sites excluding steroid dienone is 1. The topological polar surface area (TPSA) is 123 Å². The Hall–Kier alpha value is -4.30. The van der Waals surface area contributed by atoms with Crippen molar-refractivity contribution in [1.82, 2.24) is 0 Å². The molecule has 0 unspecified atom stereocenters. The third-order valence-corrected chi connectivity index (χ3v) is 5.49. The van der Waals surface area contributed by atoms with E-state index in [2.05, 4.69) is 10.6 Å². The number of nitrogen functional groups attached to an aromatic ring is 1. The number of aryl methyl sites for hydroxylation is 1. The fraction of sp³-hybridized carbons (Fsp3) is 0.241. The molecule has 3 aromatic rings. The van der Waals surface area contributed by atoms with Crippen LogP contribution in [0.4, 0.5) is 21.9 Å². The molecule has 0 bridgehead atoms. The highest BCUT2D eigenvalue weighted by atomic mass is 16.6. The zero-order chi connectivity index (χ0) is 26.5. The number of hydrogen-bond donors (Lipinski definition) is 4. The van der Waals surface area contributed by atoms with Gasteiger partial charge >= 0.3 is 6.09 Å². The summed E-state index contributed by atoms with van der Waals surface area (Å²) >= 11 is 0. The van der Waals surface area contributed by atoms with Crippen molar-refractivity contribution >= 4 is 29.1 Å². The number of unbranched alkanes of at least 4 members (excludes halogenated alkanes) is 1. The van der Waals surface area contributed by atoms with Gasteiger partial charge in [0.2, 0.25) is 5.91 Å². The predicted octanol–water partition coefficient (Wildman–Crippen LogP) is 5.60. The Morgan fingerprint density at radius 3 is 2.49 bits per heavy atom. The highest BCUT2D eigenvalue weighted by molar-refractivity contribution is 6.01. The fourth-order valence-electron chi connectivity index (χ4n) is 3.62. The smallest absolute Gasteiger partial charge is 0.412 e. The Bertz CT molecular complexity index is 1190. The lowest BCUT2D eigenvalue weighted by Gasteiger charge is -2.21. The number of amides is 2. The van der Waals surface area contributed by atoms with E-state index < -0.39 is 12.2 Å². The lowest BCUT2D eigenvalue weighted by molar-refractivity contribution is -0.111. The van der Waals surface area contributed by atoms with Gasteiger partial charge in [0.25, 0.3) is 0 Å². The third-order valence-electron chi connectivity index (χ3n) is 5.49. The molecule has 0 saturated heterocycles. The molecule has 0 aromatic heterocycles. The molecule has 0 aliphatic rings. The van der Waals surface area contributed by atoms with Crippen molar-refractivity contribution in [2.24, 2.45) is 0 Å². The number of ether oxygens (including phenoxy) is 2. The van der Waals surface area contributed by atoms with Crippen LogP contribution in [0, 0.1) is 6.92 Å². The lowest BCUT2D eigenvalue weighted by atomic mass is 10.0. The van der Waals surface area contributed by atoms with Crippen molar-refractivity contribution in [3.63, 3.8) is 0 Å². The summed E-state index contributed by atoms with van der Waals surface area (Å²) in [6.07, 6.45) is 3.80. The first-order chi connectivity index (χ1) is 18.0. The molecular weight excluding hydrogens is 470 g/mol. The molecule has 3 rings (SSSR count). The van der Waals surface area contributed by atoms with E-state index in [9.17, 15) is 14.7 Å². The number of aliphatic hydroxyl groups is 1. The van der Waals surface area contributed by atoms with Gasteiger partial charge in [0, 0.05) is 11.3 Å². The van der Waals surface area contributed by atoms with Gasteiger partial charge in [-0.15, -0.1) is 0 Å². The molecule has 8 nitrogen and oxygen atoms in total. The van der Waals surface area contributed by atoms with Crippen LogP contribution in [0.5, 0.6) is 5.75 Å². The molecule has 0 aliphatic carbocycles. The molecular formula is C29H33N3O5. The molecule has 0 fully saturated rings. The minimum Gasteiger partial charge on any atom is -0.491 e. The molecule has 1 atom stereocenters. The van der Waals surface area contributed by atoms with E-state index in [0.29, 0.717) is 47.6 Å². The summed E-state index contributed by atoms with van der Waals surface area (Å²) in [7, 11) is 0. The second kappa shape index (κ2) is 14.3. The molecule has 8 heteroatoms. The lowest BCUT2D eigenvalue weighted by Crippen LogP contribution is -2.18. The summed E-state index contributed by atoms with van der Waals surface area (Å²) in [5.74, 6) is 0.269. The molecule has 3 aromatic carbocycles. The average molecular weight is 504 g/mol. The molecule has 37 heavy (non-hydrogen) atoms. The van der Waals surface area contributed by atoms with Crippen LogP contribution < -0.4 is 21.1 Å². The Labute approximate surface area is 217 Å². The summed E-state index contributed by atoms with van der Waals surface area (Å²) < 4.78 is 11.5. The van der Waals surface area contributed by atoms with Gasteiger partial charge in [0.1, 0.15) is 18.5 Å². The summed E-state index contributed by atoms with van der Waals surface area (Å²) in [6, 6.07) is 21.8. The first kappa shape index (κ1) is 27.3. The van der Waals surface area contributed by atoms with Crippen molar-refractivity contribution in [1.29, 1.82) is 0 Å². The van der Waals surface area contributed by atoms with E-state index >= 15 is 0 Å². The Morgan fingerprint density at radius 2 is 1.73 bits per heavy atom. The normalized spacial score (nSPS) is 11.6. The largest absolute Gasteiger partial charge is 0.491 e. The van der Waals surface area contributed by atoms with E-state index in [1.165, 1.54) is 6.08 Å². The minimum atomic E-state index is -0.591. The van der Waals surface area contributed by atoms with Crippen molar-refractivity contribution in [3.8, 4) is 5.75 Å². The van der Waals surface area contributed by atoms with Gasteiger partial charge in [-0.2, -0.15) is 0 Å². The first-order valence-corrected chi connectivity index (χ1v) is 12.1. The Morgan fingerprint density at radius 1 is 1.00 bits per heavy atom. The molecule has 194 valence electrons. The van der Waals surface area contributed by atoms with Crippen LogP contribution in [-0.2, 0) is 9.53 Å². The number of rotatable bonds is 12. The van der Waals surface area contributed by atoms with E-state index in [4.69, 9.17) is 15.2 Å². The van der Waals surface area contributed by atoms with Crippen molar-refractivity contribution in [2.45, 2.75) is 32.3 Å². The van der Waals surface area contributed by atoms with Crippen LogP contribution in [0.2, 0.25) is 0 Å². The van der Waals surface area contributed by atoms with Crippen LogP contribution >= 0.6 is 0 Å². The number of nitrogens with one attached hydrogen (secondary N) is 2. The van der Waals surface area contributed by atoms with E-state index in [1.54, 1.807) is 36.4 Å². The van der Waals surface area contributed by atoms with E-state index in [0.717, 1.165) is 5.56 Å². The molecule has 0 radical (unpaired) electrons. The summed E-state index contributed by atoms with van der Waals surface area (Å²) in [6.45, 7) is 1.97. The molecule has 0 saturated carbocycles.